The number of fused-ring (bicyclic) bond motifs is 1. The molecule has 0 aromatic heterocycles. The minimum atomic E-state index is -0.299. The number of hydrogen-bond acceptors (Lipinski definition) is 3. The van der Waals surface area contributed by atoms with Crippen molar-refractivity contribution in [3.05, 3.63) is 82.4 Å². The molecule has 3 aromatic rings. The number of aromatic hydroxyl groups is 1. The minimum Gasteiger partial charge on any atom is -0.710 e. The van der Waals surface area contributed by atoms with Crippen molar-refractivity contribution in [2.24, 2.45) is 5.18 Å². The molecule has 0 aliphatic rings. The van der Waals surface area contributed by atoms with Gasteiger partial charge in [0.15, 0.2) is 11.4 Å². The summed E-state index contributed by atoms with van der Waals surface area (Å²) >= 11 is 0. The number of nitroso groups, excluding NO2 is 1. The van der Waals surface area contributed by atoms with Crippen molar-refractivity contribution in [2.45, 2.75) is 0 Å². The molecule has 0 bridgehead atoms. The second kappa shape index (κ2) is 5.65. The Morgan fingerprint density at radius 3 is 2.36 bits per heavy atom. The van der Waals surface area contributed by atoms with Gasteiger partial charge in [-0.05, 0) is 34.6 Å². The van der Waals surface area contributed by atoms with Crippen LogP contribution in [0.25, 0.3) is 10.8 Å². The van der Waals surface area contributed by atoms with E-state index in [0.29, 0.717) is 15.7 Å². The number of amidine groups is 1. The van der Waals surface area contributed by atoms with Crippen molar-refractivity contribution >= 4 is 22.3 Å². The topological polar surface area (TPSA) is 75.7 Å². The zero-order chi connectivity index (χ0) is 15.5. The fraction of sp³-hybridized carbons (Fsp3) is 0. The number of benzene rings is 3. The Balaban J connectivity index is 2.32. The highest BCUT2D eigenvalue weighted by molar-refractivity contribution is 5.99. The molecule has 0 aliphatic heterocycles. The summed E-state index contributed by atoms with van der Waals surface area (Å²) in [4.78, 5) is 11.2. The van der Waals surface area contributed by atoms with Gasteiger partial charge in [-0.25, -0.2) is 4.74 Å². The molecule has 0 fully saturated rings. The van der Waals surface area contributed by atoms with E-state index in [0.717, 1.165) is 5.39 Å². The summed E-state index contributed by atoms with van der Waals surface area (Å²) in [6, 6.07) is 18.7. The maximum atomic E-state index is 12.6. The average Bonchev–Trinajstić information content (AvgIpc) is 2.56. The Labute approximate surface area is 126 Å². The molecule has 0 heterocycles. The standard InChI is InChI=1S/C17H12N2O3/c20-15-11-10-12-6-4-5-9-14(12)16(15)19(22)17(18-21)13-7-2-1-3-8-13/h1-11,20H/b19-17+. The van der Waals surface area contributed by atoms with Gasteiger partial charge in [0.05, 0.1) is 5.56 Å². The van der Waals surface area contributed by atoms with Crippen LogP contribution in [0.4, 0.5) is 5.69 Å². The van der Waals surface area contributed by atoms with Crippen LogP contribution in [0.5, 0.6) is 5.75 Å². The highest BCUT2D eigenvalue weighted by Gasteiger charge is 2.20. The third kappa shape index (κ3) is 2.29. The van der Waals surface area contributed by atoms with Crippen LogP contribution in [-0.2, 0) is 0 Å². The van der Waals surface area contributed by atoms with Crippen molar-refractivity contribution < 1.29 is 9.85 Å². The zero-order valence-electron chi connectivity index (χ0n) is 11.5. The van der Waals surface area contributed by atoms with E-state index in [4.69, 9.17) is 0 Å². The normalized spacial score (nSPS) is 12.0. The van der Waals surface area contributed by atoms with Gasteiger partial charge < -0.3 is 10.3 Å². The second-order valence-electron chi connectivity index (χ2n) is 4.73. The van der Waals surface area contributed by atoms with Gasteiger partial charge in [-0.1, -0.05) is 42.5 Å². The fourth-order valence-corrected chi connectivity index (χ4v) is 2.36. The van der Waals surface area contributed by atoms with Crippen LogP contribution in [0.15, 0.2) is 71.9 Å². The number of rotatable bonds is 2. The first kappa shape index (κ1) is 13.8. The van der Waals surface area contributed by atoms with E-state index in [-0.39, 0.29) is 17.3 Å². The Morgan fingerprint density at radius 1 is 0.955 bits per heavy atom. The van der Waals surface area contributed by atoms with Gasteiger partial charge in [0.1, 0.15) is 0 Å². The van der Waals surface area contributed by atoms with Crippen LogP contribution in [0.2, 0.25) is 0 Å². The quantitative estimate of drug-likeness (QED) is 0.194. The van der Waals surface area contributed by atoms with Crippen molar-refractivity contribution in [1.82, 2.24) is 0 Å². The molecule has 22 heavy (non-hydrogen) atoms. The first-order chi connectivity index (χ1) is 10.7. The zero-order valence-corrected chi connectivity index (χ0v) is 11.5. The molecule has 5 nitrogen and oxygen atoms in total. The van der Waals surface area contributed by atoms with Crippen molar-refractivity contribution in [2.75, 3.05) is 0 Å². The van der Waals surface area contributed by atoms with Crippen LogP contribution in [0.1, 0.15) is 5.56 Å². The third-order valence-corrected chi connectivity index (χ3v) is 3.39. The van der Waals surface area contributed by atoms with E-state index in [9.17, 15) is 15.2 Å². The minimum absolute atomic E-state index is 0.0107. The smallest absolute Gasteiger partial charge is 0.385 e. The number of phenolic OH excluding ortho intramolecular Hbond substituents is 1. The van der Waals surface area contributed by atoms with Gasteiger partial charge in [-0.2, -0.15) is 0 Å². The summed E-state index contributed by atoms with van der Waals surface area (Å²) in [5.74, 6) is -0.502. The second-order valence-corrected chi connectivity index (χ2v) is 4.73. The summed E-state index contributed by atoms with van der Waals surface area (Å²) in [7, 11) is 0. The average molecular weight is 292 g/mol. The van der Waals surface area contributed by atoms with Crippen molar-refractivity contribution in [3.8, 4) is 5.75 Å². The Kier molecular flexibility index (Phi) is 3.53. The Hall–Kier alpha value is -3.21. The van der Waals surface area contributed by atoms with E-state index in [1.54, 1.807) is 48.5 Å². The molecule has 0 atom stereocenters. The van der Waals surface area contributed by atoms with Gasteiger partial charge in [-0.15, -0.1) is 0 Å². The van der Waals surface area contributed by atoms with Crippen LogP contribution in [0, 0.1) is 10.1 Å². The highest BCUT2D eigenvalue weighted by Crippen LogP contribution is 2.34. The number of hydrogen-bond donors (Lipinski definition) is 1. The van der Waals surface area contributed by atoms with Gasteiger partial charge in [-0.3, -0.25) is 0 Å². The molecule has 1 N–H and O–H groups in total. The van der Waals surface area contributed by atoms with Gasteiger partial charge in [0.25, 0.3) is 0 Å². The molecule has 3 rings (SSSR count). The monoisotopic (exact) mass is 292 g/mol. The lowest BCUT2D eigenvalue weighted by Gasteiger charge is -2.14. The molecule has 0 unspecified atom stereocenters. The SMILES string of the molecule is O=N/C(c1ccccc1)=[N+](/[O-])c1c(O)ccc2ccccc12. The van der Waals surface area contributed by atoms with Crippen molar-refractivity contribution in [1.29, 1.82) is 0 Å². The fourth-order valence-electron chi connectivity index (χ4n) is 2.36. The van der Waals surface area contributed by atoms with Crippen molar-refractivity contribution in [3.63, 3.8) is 0 Å². The Morgan fingerprint density at radius 2 is 1.64 bits per heavy atom. The summed E-state index contributed by atoms with van der Waals surface area (Å²) in [5, 5.41) is 26.9. The number of phenols is 1. The van der Waals surface area contributed by atoms with Crippen LogP contribution >= 0.6 is 0 Å². The van der Waals surface area contributed by atoms with E-state index >= 15 is 0 Å². The predicted octanol–water partition coefficient (Wildman–Crippen LogP) is 3.90. The lowest BCUT2D eigenvalue weighted by molar-refractivity contribution is -0.360. The summed E-state index contributed by atoms with van der Waals surface area (Å²) < 4.78 is 0.375. The molecule has 0 saturated heterocycles. The first-order valence-corrected chi connectivity index (χ1v) is 6.66. The molecule has 0 aliphatic carbocycles. The molecule has 3 aromatic carbocycles. The van der Waals surface area contributed by atoms with Crippen LogP contribution in [0.3, 0.4) is 0 Å². The molecule has 108 valence electrons. The third-order valence-electron chi connectivity index (χ3n) is 3.39. The maximum Gasteiger partial charge on any atom is 0.385 e. The molecule has 0 spiro atoms. The maximum absolute atomic E-state index is 12.6. The molecule has 5 heteroatoms. The summed E-state index contributed by atoms with van der Waals surface area (Å²) in [6.07, 6.45) is 0. The lowest BCUT2D eigenvalue weighted by Crippen LogP contribution is -2.10. The first-order valence-electron chi connectivity index (χ1n) is 6.66. The van der Waals surface area contributed by atoms with E-state index in [2.05, 4.69) is 5.18 Å². The lowest BCUT2D eigenvalue weighted by atomic mass is 10.1. The van der Waals surface area contributed by atoms with E-state index in [1.807, 2.05) is 12.1 Å². The molecule has 0 saturated carbocycles. The molecule has 0 radical (unpaired) electrons. The van der Waals surface area contributed by atoms with Gasteiger partial charge in [0, 0.05) is 5.39 Å². The number of nitrogens with zero attached hydrogens (tertiary/aromatic N) is 2. The molecular weight excluding hydrogens is 280 g/mol. The Bertz CT molecular complexity index is 873. The van der Waals surface area contributed by atoms with E-state index in [1.165, 1.54) is 6.07 Å². The molecular formula is C17H12N2O3. The van der Waals surface area contributed by atoms with Gasteiger partial charge in [0.2, 0.25) is 5.18 Å². The largest absolute Gasteiger partial charge is 0.710 e. The summed E-state index contributed by atoms with van der Waals surface area (Å²) in [5.41, 5.74) is 0.399. The van der Waals surface area contributed by atoms with Crippen LogP contribution in [-0.4, -0.2) is 15.7 Å². The van der Waals surface area contributed by atoms with Crippen LogP contribution < -0.4 is 0 Å². The van der Waals surface area contributed by atoms with E-state index < -0.39 is 0 Å². The highest BCUT2D eigenvalue weighted by atomic mass is 16.5. The predicted molar refractivity (Wildman–Crippen MR) is 85.2 cm³/mol. The van der Waals surface area contributed by atoms with Gasteiger partial charge >= 0.3 is 5.84 Å². The summed E-state index contributed by atoms with van der Waals surface area (Å²) in [6.45, 7) is 0. The molecule has 0 amide bonds.